The Balaban J connectivity index is 2.23. The van der Waals surface area contributed by atoms with Crippen LogP contribution in [0.25, 0.3) is 0 Å². The van der Waals surface area contributed by atoms with Gasteiger partial charge in [0.2, 0.25) is 0 Å². The van der Waals surface area contributed by atoms with Gasteiger partial charge in [-0.15, -0.1) is 11.3 Å². The average molecular weight is 316 g/mol. The molecule has 2 N–H and O–H groups in total. The van der Waals surface area contributed by atoms with Crippen molar-refractivity contribution in [3.63, 3.8) is 0 Å². The molecule has 0 aliphatic rings. The van der Waals surface area contributed by atoms with Crippen LogP contribution in [0, 0.1) is 0 Å². The molecule has 1 aromatic heterocycles. The highest BCUT2D eigenvalue weighted by Crippen LogP contribution is 2.26. The van der Waals surface area contributed by atoms with Crippen molar-refractivity contribution in [2.24, 2.45) is 0 Å². The molecule has 0 aliphatic heterocycles. The van der Waals surface area contributed by atoms with Crippen molar-refractivity contribution in [1.82, 2.24) is 0 Å². The van der Waals surface area contributed by atoms with E-state index in [4.69, 9.17) is 28.3 Å². The van der Waals surface area contributed by atoms with Gasteiger partial charge in [0.1, 0.15) is 5.00 Å². The fourth-order valence-electron chi connectivity index (χ4n) is 1.39. The summed E-state index contributed by atoms with van der Waals surface area (Å²) in [6.45, 7) is 0. The van der Waals surface area contributed by atoms with Crippen LogP contribution >= 0.6 is 34.5 Å². The molecule has 4 nitrogen and oxygen atoms in total. The van der Waals surface area contributed by atoms with Crippen molar-refractivity contribution < 1.29 is 14.7 Å². The van der Waals surface area contributed by atoms with Gasteiger partial charge in [-0.3, -0.25) is 4.79 Å². The Hall–Kier alpha value is -1.56. The molecule has 0 atom stereocenters. The van der Waals surface area contributed by atoms with Gasteiger partial charge in [-0.2, -0.15) is 0 Å². The number of hydrogen-bond donors (Lipinski definition) is 2. The van der Waals surface area contributed by atoms with Crippen LogP contribution < -0.4 is 5.32 Å². The minimum atomic E-state index is -1.09. The molecule has 98 valence electrons. The van der Waals surface area contributed by atoms with Gasteiger partial charge < -0.3 is 10.4 Å². The van der Waals surface area contributed by atoms with Crippen LogP contribution in [0.2, 0.25) is 10.0 Å². The number of hydrogen-bond acceptors (Lipinski definition) is 3. The molecule has 1 amide bonds. The van der Waals surface area contributed by atoms with Crippen LogP contribution in [-0.2, 0) is 0 Å². The number of benzene rings is 1. The standard InChI is InChI=1S/C12H7Cl2NO3S/c13-8-2-1-6(5-9(8)14)10(16)15-11-7(12(17)18)3-4-19-11/h1-5H,(H,15,16)(H,17,18). The summed E-state index contributed by atoms with van der Waals surface area (Å²) in [6, 6.07) is 5.87. The number of halogens is 2. The second-order valence-corrected chi connectivity index (χ2v) is 5.28. The third-order valence-electron chi connectivity index (χ3n) is 2.30. The van der Waals surface area contributed by atoms with E-state index in [2.05, 4.69) is 5.32 Å². The molecule has 7 heteroatoms. The number of carbonyl (C=O) groups excluding carboxylic acids is 1. The number of carbonyl (C=O) groups is 2. The van der Waals surface area contributed by atoms with Gasteiger partial charge in [-0.05, 0) is 29.6 Å². The smallest absolute Gasteiger partial charge is 0.338 e. The van der Waals surface area contributed by atoms with Gasteiger partial charge >= 0.3 is 5.97 Å². The first-order valence-corrected chi connectivity index (χ1v) is 6.70. The van der Waals surface area contributed by atoms with Gasteiger partial charge in [-0.1, -0.05) is 23.2 Å². The van der Waals surface area contributed by atoms with E-state index in [0.717, 1.165) is 11.3 Å². The van der Waals surface area contributed by atoms with Crippen molar-refractivity contribution >= 4 is 51.4 Å². The average Bonchev–Trinajstić information content (AvgIpc) is 2.80. The molecule has 2 rings (SSSR count). The Morgan fingerprint density at radius 1 is 1.16 bits per heavy atom. The summed E-state index contributed by atoms with van der Waals surface area (Å²) in [5.74, 6) is -1.53. The molecule has 0 spiro atoms. The molecule has 0 aliphatic carbocycles. The SMILES string of the molecule is O=C(Nc1sccc1C(=O)O)c1ccc(Cl)c(Cl)c1. The molecule has 0 fully saturated rings. The van der Waals surface area contributed by atoms with Crippen LogP contribution in [0.3, 0.4) is 0 Å². The number of thiophene rings is 1. The topological polar surface area (TPSA) is 66.4 Å². The Morgan fingerprint density at radius 2 is 1.89 bits per heavy atom. The molecule has 0 radical (unpaired) electrons. The number of anilines is 1. The van der Waals surface area contributed by atoms with E-state index in [0.29, 0.717) is 10.6 Å². The van der Waals surface area contributed by atoms with Crippen LogP contribution in [0.15, 0.2) is 29.6 Å². The lowest BCUT2D eigenvalue weighted by atomic mass is 10.2. The maximum absolute atomic E-state index is 12.0. The number of amides is 1. The predicted molar refractivity (Wildman–Crippen MR) is 75.7 cm³/mol. The van der Waals surface area contributed by atoms with Gasteiger partial charge in [0.15, 0.2) is 0 Å². The maximum Gasteiger partial charge on any atom is 0.338 e. The van der Waals surface area contributed by atoms with E-state index in [1.54, 1.807) is 5.38 Å². The summed E-state index contributed by atoms with van der Waals surface area (Å²) in [4.78, 5) is 22.9. The van der Waals surface area contributed by atoms with Crippen molar-refractivity contribution in [3.05, 3.63) is 50.8 Å². The minimum absolute atomic E-state index is 0.0541. The highest BCUT2D eigenvalue weighted by atomic mass is 35.5. The Labute approximate surface area is 122 Å². The molecule has 0 unspecified atom stereocenters. The van der Waals surface area contributed by atoms with Crippen molar-refractivity contribution in [3.8, 4) is 0 Å². The summed E-state index contributed by atoms with van der Waals surface area (Å²) in [7, 11) is 0. The molecule has 1 aromatic carbocycles. The second kappa shape index (κ2) is 5.61. The first-order valence-electron chi connectivity index (χ1n) is 5.06. The number of carboxylic acid groups (broad SMARTS) is 1. The van der Waals surface area contributed by atoms with Crippen LogP contribution in [0.1, 0.15) is 20.7 Å². The molecular weight excluding hydrogens is 309 g/mol. The van der Waals surface area contributed by atoms with E-state index in [9.17, 15) is 9.59 Å². The third kappa shape index (κ3) is 3.07. The van der Waals surface area contributed by atoms with Crippen molar-refractivity contribution in [2.45, 2.75) is 0 Å². The molecule has 1 heterocycles. The van der Waals surface area contributed by atoms with E-state index in [1.165, 1.54) is 24.3 Å². The minimum Gasteiger partial charge on any atom is -0.478 e. The highest BCUT2D eigenvalue weighted by molar-refractivity contribution is 7.14. The molecule has 0 bridgehead atoms. The second-order valence-electron chi connectivity index (χ2n) is 3.55. The normalized spacial score (nSPS) is 10.2. The molecule has 2 aromatic rings. The number of carboxylic acids is 1. The first kappa shape index (κ1) is 13.9. The molecule has 19 heavy (non-hydrogen) atoms. The lowest BCUT2D eigenvalue weighted by Crippen LogP contribution is -2.13. The largest absolute Gasteiger partial charge is 0.478 e. The highest BCUT2D eigenvalue weighted by Gasteiger charge is 2.15. The van der Waals surface area contributed by atoms with E-state index < -0.39 is 11.9 Å². The summed E-state index contributed by atoms with van der Waals surface area (Å²) >= 11 is 12.7. The fraction of sp³-hybridized carbons (Fsp3) is 0. The summed E-state index contributed by atoms with van der Waals surface area (Å²) in [6.07, 6.45) is 0. The van der Waals surface area contributed by atoms with Gasteiger partial charge in [0.05, 0.1) is 15.6 Å². The lowest BCUT2D eigenvalue weighted by molar-refractivity contribution is 0.0698. The summed E-state index contributed by atoms with van der Waals surface area (Å²) in [5, 5.41) is 14.0. The zero-order valence-corrected chi connectivity index (χ0v) is 11.6. The van der Waals surface area contributed by atoms with Crippen LogP contribution in [-0.4, -0.2) is 17.0 Å². The lowest BCUT2D eigenvalue weighted by Gasteiger charge is -2.05. The first-order chi connectivity index (χ1) is 8.99. The Morgan fingerprint density at radius 3 is 2.53 bits per heavy atom. The summed E-state index contributed by atoms with van der Waals surface area (Å²) < 4.78 is 0. The third-order valence-corrected chi connectivity index (χ3v) is 3.87. The predicted octanol–water partition coefficient (Wildman–Crippen LogP) is 4.01. The van der Waals surface area contributed by atoms with Crippen molar-refractivity contribution in [1.29, 1.82) is 0 Å². The Bertz CT molecular complexity index is 654. The Kier molecular flexibility index (Phi) is 4.09. The van der Waals surface area contributed by atoms with Crippen molar-refractivity contribution in [2.75, 3.05) is 5.32 Å². The van der Waals surface area contributed by atoms with Gasteiger partial charge in [0, 0.05) is 5.56 Å². The van der Waals surface area contributed by atoms with E-state index in [-0.39, 0.29) is 15.6 Å². The molecular formula is C12H7Cl2NO3S. The monoisotopic (exact) mass is 315 g/mol. The van der Waals surface area contributed by atoms with E-state index >= 15 is 0 Å². The zero-order valence-electron chi connectivity index (χ0n) is 9.31. The zero-order chi connectivity index (χ0) is 14.0. The van der Waals surface area contributed by atoms with Gasteiger partial charge in [0.25, 0.3) is 5.91 Å². The quantitative estimate of drug-likeness (QED) is 0.899. The van der Waals surface area contributed by atoms with Crippen LogP contribution in [0.4, 0.5) is 5.00 Å². The van der Waals surface area contributed by atoms with E-state index in [1.807, 2.05) is 0 Å². The summed E-state index contributed by atoms with van der Waals surface area (Å²) in [5.41, 5.74) is 0.359. The maximum atomic E-state index is 12.0. The molecule has 0 saturated heterocycles. The number of rotatable bonds is 3. The van der Waals surface area contributed by atoms with Crippen LogP contribution in [0.5, 0.6) is 0 Å². The fourth-order valence-corrected chi connectivity index (χ4v) is 2.46. The molecule has 0 saturated carbocycles. The van der Waals surface area contributed by atoms with Gasteiger partial charge in [-0.25, -0.2) is 4.79 Å². The number of aromatic carboxylic acids is 1. The number of nitrogens with one attached hydrogen (secondary N) is 1.